The van der Waals surface area contributed by atoms with Crippen LogP contribution in [0.25, 0.3) is 0 Å². The van der Waals surface area contributed by atoms with Crippen LogP contribution in [0.1, 0.15) is 12.0 Å². The highest BCUT2D eigenvalue weighted by Gasteiger charge is 2.28. The van der Waals surface area contributed by atoms with E-state index in [-0.39, 0.29) is 22.2 Å². The first-order valence-electron chi connectivity index (χ1n) is 10.7. The van der Waals surface area contributed by atoms with Gasteiger partial charge >= 0.3 is 0 Å². The van der Waals surface area contributed by atoms with Crippen LogP contribution in [0.3, 0.4) is 0 Å². The predicted molar refractivity (Wildman–Crippen MR) is 140 cm³/mol. The van der Waals surface area contributed by atoms with Gasteiger partial charge in [0.25, 0.3) is 10.0 Å². The molecule has 6 nitrogen and oxygen atoms in total. The van der Waals surface area contributed by atoms with E-state index in [0.29, 0.717) is 28.0 Å². The van der Waals surface area contributed by atoms with Gasteiger partial charge in [-0.25, -0.2) is 13.4 Å². The number of hydrogen-bond acceptors (Lipinski definition) is 4. The molecule has 0 saturated carbocycles. The van der Waals surface area contributed by atoms with Gasteiger partial charge < -0.3 is 9.30 Å². The van der Waals surface area contributed by atoms with Crippen molar-refractivity contribution >= 4 is 50.5 Å². The number of para-hydroxylation sites is 1. The predicted octanol–water partition coefficient (Wildman–Crippen LogP) is 6.71. The number of hydrogen-bond donors (Lipinski definition) is 0. The summed E-state index contributed by atoms with van der Waals surface area (Å²) in [6.45, 7) is 1.21. The molecule has 35 heavy (non-hydrogen) atoms. The smallest absolute Gasteiger partial charge is 0.264 e. The number of imidazole rings is 1. The molecule has 1 heterocycles. The van der Waals surface area contributed by atoms with E-state index in [2.05, 4.69) is 4.98 Å². The van der Waals surface area contributed by atoms with E-state index >= 15 is 0 Å². The molecule has 0 N–H and O–H groups in total. The lowest BCUT2D eigenvalue weighted by Crippen LogP contribution is -2.31. The quantitative estimate of drug-likeness (QED) is 0.206. The Morgan fingerprint density at radius 2 is 1.69 bits per heavy atom. The third-order valence-corrected chi connectivity index (χ3v) is 7.82. The Morgan fingerprint density at radius 3 is 2.43 bits per heavy atom. The molecule has 10 heteroatoms. The third kappa shape index (κ3) is 6.30. The summed E-state index contributed by atoms with van der Waals surface area (Å²) >= 11 is 18.6. The van der Waals surface area contributed by atoms with Gasteiger partial charge in [-0.15, -0.1) is 0 Å². The van der Waals surface area contributed by atoms with Crippen molar-refractivity contribution in [3.05, 3.63) is 106 Å². The van der Waals surface area contributed by atoms with E-state index in [1.165, 1.54) is 34.6 Å². The van der Waals surface area contributed by atoms with Gasteiger partial charge in [0.05, 0.1) is 35.1 Å². The van der Waals surface area contributed by atoms with Crippen molar-refractivity contribution in [2.24, 2.45) is 0 Å². The molecule has 0 saturated heterocycles. The van der Waals surface area contributed by atoms with Gasteiger partial charge in [0, 0.05) is 34.5 Å². The second-order valence-electron chi connectivity index (χ2n) is 7.67. The number of anilines is 1. The third-order valence-electron chi connectivity index (χ3n) is 5.24. The second-order valence-corrected chi connectivity index (χ2v) is 10.8. The number of aromatic nitrogens is 2. The molecule has 0 aliphatic rings. The molecule has 0 fully saturated rings. The minimum Gasteiger partial charge on any atom is -0.493 e. The summed E-state index contributed by atoms with van der Waals surface area (Å²) in [6, 6.07) is 18.0. The molecule has 4 rings (SSSR count). The lowest BCUT2D eigenvalue weighted by atomic mass is 10.2. The Balaban J connectivity index is 1.64. The van der Waals surface area contributed by atoms with Crippen molar-refractivity contribution in [3.63, 3.8) is 0 Å². The number of benzene rings is 3. The van der Waals surface area contributed by atoms with Gasteiger partial charge in [0.15, 0.2) is 0 Å². The summed E-state index contributed by atoms with van der Waals surface area (Å²) in [5, 5.41) is 1.06. The Kier molecular flexibility index (Phi) is 8.23. The normalized spacial score (nSPS) is 11.4. The van der Waals surface area contributed by atoms with Crippen molar-refractivity contribution in [3.8, 4) is 5.75 Å². The maximum absolute atomic E-state index is 13.7. The molecule has 3 aromatic carbocycles. The fraction of sp³-hybridized carbons (Fsp3) is 0.160. The molecule has 0 radical (unpaired) electrons. The zero-order valence-corrected chi connectivity index (χ0v) is 21.6. The first-order chi connectivity index (χ1) is 16.8. The van der Waals surface area contributed by atoms with Gasteiger partial charge in [-0.1, -0.05) is 53.0 Å². The van der Waals surface area contributed by atoms with Crippen molar-refractivity contribution < 1.29 is 13.2 Å². The maximum atomic E-state index is 13.7. The molecule has 0 unspecified atom stereocenters. The average Bonchev–Trinajstić information content (AvgIpc) is 3.36. The Labute approximate surface area is 219 Å². The van der Waals surface area contributed by atoms with Crippen LogP contribution in [-0.2, 0) is 23.1 Å². The Hall–Kier alpha value is -2.71. The van der Waals surface area contributed by atoms with Crippen LogP contribution in [-0.4, -0.2) is 24.6 Å². The van der Waals surface area contributed by atoms with E-state index in [1.54, 1.807) is 24.7 Å². The molecule has 4 aromatic rings. The molecule has 0 atom stereocenters. The zero-order chi connectivity index (χ0) is 24.8. The van der Waals surface area contributed by atoms with Crippen LogP contribution >= 0.6 is 34.8 Å². The number of nitrogens with zero attached hydrogens (tertiary/aromatic N) is 3. The van der Waals surface area contributed by atoms with Gasteiger partial charge in [-0.05, 0) is 55.0 Å². The van der Waals surface area contributed by atoms with Crippen molar-refractivity contribution in [1.29, 1.82) is 0 Å². The number of sulfonamides is 1. The van der Waals surface area contributed by atoms with Gasteiger partial charge in [0.2, 0.25) is 0 Å². The summed E-state index contributed by atoms with van der Waals surface area (Å²) in [5.41, 5.74) is 0.952. The van der Waals surface area contributed by atoms with Gasteiger partial charge in [0.1, 0.15) is 5.75 Å². The summed E-state index contributed by atoms with van der Waals surface area (Å²) in [5.74, 6) is 0.590. The molecular formula is C25H22Cl3N3O3S. The highest BCUT2D eigenvalue weighted by atomic mass is 35.5. The number of halogens is 3. The van der Waals surface area contributed by atoms with Crippen molar-refractivity contribution in [2.45, 2.75) is 24.4 Å². The number of ether oxygens (including phenoxy) is 1. The van der Waals surface area contributed by atoms with Crippen LogP contribution in [0.5, 0.6) is 5.75 Å². The van der Waals surface area contributed by atoms with Gasteiger partial charge in [-0.2, -0.15) is 0 Å². The monoisotopic (exact) mass is 549 g/mol. The zero-order valence-electron chi connectivity index (χ0n) is 18.5. The second kappa shape index (κ2) is 11.4. The lowest BCUT2D eigenvalue weighted by Gasteiger charge is -2.26. The van der Waals surface area contributed by atoms with Crippen LogP contribution in [0.2, 0.25) is 15.1 Å². The van der Waals surface area contributed by atoms with Crippen LogP contribution in [0.4, 0.5) is 5.69 Å². The van der Waals surface area contributed by atoms with Crippen molar-refractivity contribution in [1.82, 2.24) is 9.55 Å². The van der Waals surface area contributed by atoms with Crippen LogP contribution in [0, 0.1) is 0 Å². The van der Waals surface area contributed by atoms with Gasteiger partial charge in [-0.3, -0.25) is 4.31 Å². The number of rotatable bonds is 10. The summed E-state index contributed by atoms with van der Waals surface area (Å²) in [6.07, 6.45) is 6.13. The first-order valence-corrected chi connectivity index (χ1v) is 13.3. The number of aryl methyl sites for hydroxylation is 1. The minimum atomic E-state index is -4.01. The maximum Gasteiger partial charge on any atom is 0.264 e. The highest BCUT2D eigenvalue weighted by molar-refractivity contribution is 7.92. The van der Waals surface area contributed by atoms with E-state index in [9.17, 15) is 8.42 Å². The fourth-order valence-corrected chi connectivity index (χ4v) is 5.50. The molecule has 0 spiro atoms. The van der Waals surface area contributed by atoms with E-state index in [1.807, 2.05) is 35.0 Å². The molecule has 0 amide bonds. The highest BCUT2D eigenvalue weighted by Crippen LogP contribution is 2.35. The summed E-state index contributed by atoms with van der Waals surface area (Å²) in [4.78, 5) is 4.11. The molecule has 1 aromatic heterocycles. The van der Waals surface area contributed by atoms with Crippen molar-refractivity contribution in [2.75, 3.05) is 10.9 Å². The molecule has 182 valence electrons. The average molecular weight is 551 g/mol. The van der Waals surface area contributed by atoms with Crippen LogP contribution in [0.15, 0.2) is 90.3 Å². The Bertz CT molecular complexity index is 1380. The Morgan fingerprint density at radius 1 is 0.943 bits per heavy atom. The molecule has 0 bridgehead atoms. The minimum absolute atomic E-state index is 0.0112. The fourth-order valence-electron chi connectivity index (χ4n) is 3.49. The standard InChI is InChI=1S/C25H22Cl3N3O3S/c26-20-6-9-22(10-7-20)35(32,33)31(24-16-21(27)8-11-23(24)28)17-19-4-1-2-5-25(19)34-15-3-13-30-14-12-29-18-30/h1-2,4-12,14,16,18H,3,13,15,17H2. The molecule has 0 aliphatic carbocycles. The first kappa shape index (κ1) is 25.4. The largest absolute Gasteiger partial charge is 0.493 e. The van der Waals surface area contributed by atoms with Crippen LogP contribution < -0.4 is 9.04 Å². The SMILES string of the molecule is O=S(=O)(c1ccc(Cl)cc1)N(Cc1ccccc1OCCCn1ccnc1)c1cc(Cl)ccc1Cl. The topological polar surface area (TPSA) is 64.4 Å². The lowest BCUT2D eigenvalue weighted by molar-refractivity contribution is 0.299. The summed E-state index contributed by atoms with van der Waals surface area (Å²) in [7, 11) is -4.01. The van der Waals surface area contributed by atoms with E-state index < -0.39 is 10.0 Å². The summed E-state index contributed by atoms with van der Waals surface area (Å²) < 4.78 is 36.7. The molecule has 0 aliphatic heterocycles. The molecular weight excluding hydrogens is 529 g/mol. The van der Waals surface area contributed by atoms with E-state index in [4.69, 9.17) is 39.5 Å². The van der Waals surface area contributed by atoms with E-state index in [0.717, 1.165) is 13.0 Å².